The van der Waals surface area contributed by atoms with Crippen molar-refractivity contribution in [2.45, 2.75) is 59.6 Å². The third kappa shape index (κ3) is 9.59. The van der Waals surface area contributed by atoms with Crippen molar-refractivity contribution in [1.29, 1.82) is 0 Å². The number of halogens is 3. The topological polar surface area (TPSA) is 21.3 Å². The van der Waals surface area contributed by atoms with Crippen LogP contribution in [0, 0.1) is 11.3 Å². The van der Waals surface area contributed by atoms with E-state index in [1.807, 2.05) is 6.92 Å². The Morgan fingerprint density at radius 1 is 1.10 bits per heavy atom. The van der Waals surface area contributed by atoms with Gasteiger partial charge in [-0.25, -0.2) is 0 Å². The van der Waals surface area contributed by atoms with Gasteiger partial charge in [0, 0.05) is 12.0 Å². The summed E-state index contributed by atoms with van der Waals surface area (Å²) in [6.45, 7) is 8.99. The highest BCUT2D eigenvalue weighted by atomic mass is 19.4. The van der Waals surface area contributed by atoms with Crippen molar-refractivity contribution in [3.63, 3.8) is 0 Å². The number of ether oxygens (including phenoxy) is 1. The molecule has 1 N–H and O–H groups in total. The highest BCUT2D eigenvalue weighted by molar-refractivity contribution is 4.81. The number of nitrogens with one attached hydrogen (secondary N) is 1. The van der Waals surface area contributed by atoms with E-state index >= 15 is 0 Å². The van der Waals surface area contributed by atoms with Crippen molar-refractivity contribution in [3.05, 3.63) is 0 Å². The number of unbranched alkanes of at least 4 members (excludes halogenated alkanes) is 1. The van der Waals surface area contributed by atoms with Gasteiger partial charge in [0.1, 0.15) is 6.61 Å². The first kappa shape index (κ1) is 19.7. The van der Waals surface area contributed by atoms with E-state index in [4.69, 9.17) is 4.74 Å². The van der Waals surface area contributed by atoms with Gasteiger partial charge in [0.15, 0.2) is 0 Å². The Hall–Kier alpha value is -0.290. The molecule has 0 rings (SSSR count). The Labute approximate surface area is 121 Å². The van der Waals surface area contributed by atoms with E-state index in [1.165, 1.54) is 0 Å². The summed E-state index contributed by atoms with van der Waals surface area (Å²) in [4.78, 5) is 0. The maximum atomic E-state index is 12.2. The van der Waals surface area contributed by atoms with Crippen LogP contribution >= 0.6 is 0 Å². The smallest absolute Gasteiger partial charge is 0.371 e. The number of hydrogen-bond acceptors (Lipinski definition) is 2. The summed E-state index contributed by atoms with van der Waals surface area (Å²) in [5.74, 6) is 0.534. The zero-order valence-electron chi connectivity index (χ0n) is 13.3. The molecule has 0 amide bonds. The molecule has 0 saturated carbocycles. The Bertz CT molecular complexity index is 244. The van der Waals surface area contributed by atoms with Crippen molar-refractivity contribution >= 4 is 0 Å². The van der Waals surface area contributed by atoms with Gasteiger partial charge in [-0.1, -0.05) is 40.5 Å². The summed E-state index contributed by atoms with van der Waals surface area (Å²) >= 11 is 0. The average molecular weight is 297 g/mol. The summed E-state index contributed by atoms with van der Waals surface area (Å²) in [5, 5.41) is 3.37. The summed E-state index contributed by atoms with van der Waals surface area (Å²) in [6, 6.07) is 0. The lowest BCUT2D eigenvalue weighted by atomic mass is 9.80. The normalized spacial score (nSPS) is 15.6. The van der Waals surface area contributed by atoms with Crippen LogP contribution in [0.2, 0.25) is 0 Å². The molecule has 0 spiro atoms. The second-order valence-electron chi connectivity index (χ2n) is 6.09. The molecule has 0 aromatic rings. The van der Waals surface area contributed by atoms with Crippen LogP contribution in [-0.2, 0) is 4.74 Å². The molecule has 0 radical (unpaired) electrons. The molecule has 0 aromatic heterocycles. The van der Waals surface area contributed by atoms with E-state index in [9.17, 15) is 13.2 Å². The second-order valence-corrected chi connectivity index (χ2v) is 6.09. The SMILES string of the molecule is CCCCC(CC)(CNCC(C)C)COCC(F)(F)F. The first-order valence-electron chi connectivity index (χ1n) is 7.60. The summed E-state index contributed by atoms with van der Waals surface area (Å²) in [5.41, 5.74) is -0.184. The van der Waals surface area contributed by atoms with Crippen LogP contribution in [0.1, 0.15) is 53.4 Å². The van der Waals surface area contributed by atoms with E-state index in [2.05, 4.69) is 26.1 Å². The van der Waals surface area contributed by atoms with Crippen LogP contribution in [0.15, 0.2) is 0 Å². The van der Waals surface area contributed by atoms with Crippen LogP contribution in [0.4, 0.5) is 13.2 Å². The highest BCUT2D eigenvalue weighted by Gasteiger charge is 2.32. The lowest BCUT2D eigenvalue weighted by molar-refractivity contribution is -0.181. The minimum absolute atomic E-state index is 0.175. The van der Waals surface area contributed by atoms with Gasteiger partial charge in [-0.2, -0.15) is 13.2 Å². The van der Waals surface area contributed by atoms with Crippen LogP contribution in [-0.4, -0.2) is 32.5 Å². The van der Waals surface area contributed by atoms with Crippen molar-refractivity contribution in [2.75, 3.05) is 26.3 Å². The number of rotatable bonds is 11. The standard InChI is InChI=1S/C15H30F3NO/c1-5-7-8-14(6-2,10-19-9-13(3)4)11-20-12-15(16,17)18/h13,19H,5-12H2,1-4H3. The first-order valence-corrected chi connectivity index (χ1v) is 7.60. The largest absolute Gasteiger partial charge is 0.411 e. The highest BCUT2D eigenvalue weighted by Crippen LogP contribution is 2.29. The Balaban J connectivity index is 4.41. The Kier molecular flexibility index (Phi) is 9.47. The van der Waals surface area contributed by atoms with E-state index < -0.39 is 12.8 Å². The Morgan fingerprint density at radius 3 is 2.20 bits per heavy atom. The molecule has 122 valence electrons. The van der Waals surface area contributed by atoms with E-state index in [-0.39, 0.29) is 12.0 Å². The zero-order chi connectivity index (χ0) is 15.6. The van der Waals surface area contributed by atoms with E-state index in [0.29, 0.717) is 5.92 Å². The monoisotopic (exact) mass is 297 g/mol. The molecule has 0 bridgehead atoms. The predicted octanol–water partition coefficient (Wildman–Crippen LogP) is 4.40. The molecule has 1 unspecified atom stereocenters. The van der Waals surface area contributed by atoms with Crippen LogP contribution < -0.4 is 5.32 Å². The second kappa shape index (κ2) is 9.61. The van der Waals surface area contributed by atoms with Crippen LogP contribution in [0.25, 0.3) is 0 Å². The summed E-state index contributed by atoms with van der Waals surface area (Å²) < 4.78 is 41.6. The maximum absolute atomic E-state index is 12.2. The lowest BCUT2D eigenvalue weighted by Crippen LogP contribution is -2.40. The molecule has 0 fully saturated rings. The quantitative estimate of drug-likeness (QED) is 0.610. The van der Waals surface area contributed by atoms with Crippen LogP contribution in [0.5, 0.6) is 0 Å². The molecule has 0 saturated heterocycles. The average Bonchev–Trinajstić information content (AvgIpc) is 2.33. The molecule has 2 nitrogen and oxygen atoms in total. The van der Waals surface area contributed by atoms with Crippen molar-refractivity contribution in [2.24, 2.45) is 11.3 Å². The van der Waals surface area contributed by atoms with E-state index in [1.54, 1.807) is 0 Å². The molecule has 1 atom stereocenters. The van der Waals surface area contributed by atoms with Crippen LogP contribution in [0.3, 0.4) is 0 Å². The number of hydrogen-bond donors (Lipinski definition) is 1. The minimum atomic E-state index is -4.24. The van der Waals surface area contributed by atoms with Gasteiger partial charge < -0.3 is 10.1 Å². The predicted molar refractivity (Wildman–Crippen MR) is 76.8 cm³/mol. The summed E-state index contributed by atoms with van der Waals surface area (Å²) in [7, 11) is 0. The fourth-order valence-corrected chi connectivity index (χ4v) is 2.18. The summed E-state index contributed by atoms with van der Waals surface area (Å²) in [6.07, 6.45) is -0.438. The molecule has 5 heteroatoms. The molecule has 0 aliphatic heterocycles. The fraction of sp³-hybridized carbons (Fsp3) is 1.00. The van der Waals surface area contributed by atoms with Crippen molar-refractivity contribution in [3.8, 4) is 0 Å². The molecule has 20 heavy (non-hydrogen) atoms. The molecular weight excluding hydrogens is 267 g/mol. The third-order valence-corrected chi connectivity index (χ3v) is 3.54. The number of alkyl halides is 3. The van der Waals surface area contributed by atoms with Gasteiger partial charge in [-0.15, -0.1) is 0 Å². The first-order chi connectivity index (χ1) is 9.24. The minimum Gasteiger partial charge on any atom is -0.371 e. The molecule has 0 aromatic carbocycles. The molecule has 0 heterocycles. The van der Waals surface area contributed by atoms with E-state index in [0.717, 1.165) is 38.8 Å². The van der Waals surface area contributed by atoms with Gasteiger partial charge in [0.2, 0.25) is 0 Å². The van der Waals surface area contributed by atoms with Crippen molar-refractivity contribution < 1.29 is 17.9 Å². The maximum Gasteiger partial charge on any atom is 0.411 e. The van der Waals surface area contributed by atoms with Gasteiger partial charge in [0.05, 0.1) is 6.61 Å². The lowest BCUT2D eigenvalue weighted by Gasteiger charge is -2.33. The van der Waals surface area contributed by atoms with Gasteiger partial charge in [-0.05, 0) is 25.3 Å². The molecule has 0 aliphatic rings. The molecule has 0 aliphatic carbocycles. The van der Waals surface area contributed by atoms with Gasteiger partial charge >= 0.3 is 6.18 Å². The third-order valence-electron chi connectivity index (χ3n) is 3.54. The van der Waals surface area contributed by atoms with Gasteiger partial charge in [-0.3, -0.25) is 0 Å². The zero-order valence-corrected chi connectivity index (χ0v) is 13.3. The Morgan fingerprint density at radius 2 is 1.75 bits per heavy atom. The van der Waals surface area contributed by atoms with Crippen molar-refractivity contribution in [1.82, 2.24) is 5.32 Å². The van der Waals surface area contributed by atoms with Gasteiger partial charge in [0.25, 0.3) is 0 Å². The fourth-order valence-electron chi connectivity index (χ4n) is 2.18. The molecular formula is C15H30F3NO.